The van der Waals surface area contributed by atoms with Crippen molar-refractivity contribution in [2.45, 2.75) is 13.3 Å². The van der Waals surface area contributed by atoms with Gasteiger partial charge in [-0.15, -0.1) is 0 Å². The minimum Gasteiger partial charge on any atom is -0.378 e. The summed E-state index contributed by atoms with van der Waals surface area (Å²) in [5, 5.41) is 5.72. The van der Waals surface area contributed by atoms with Gasteiger partial charge in [-0.2, -0.15) is 15.0 Å². The maximum atomic E-state index is 12.9. The van der Waals surface area contributed by atoms with Crippen molar-refractivity contribution in [1.82, 2.24) is 24.8 Å². The summed E-state index contributed by atoms with van der Waals surface area (Å²) in [6.45, 7) is 11.9. The van der Waals surface area contributed by atoms with E-state index in [1.807, 2.05) is 29.2 Å². The first-order valence-corrected chi connectivity index (χ1v) is 15.8. The molecule has 13 nitrogen and oxygen atoms in total. The third-order valence-electron chi connectivity index (χ3n) is 8.19. The van der Waals surface area contributed by atoms with Crippen molar-refractivity contribution in [1.29, 1.82) is 0 Å². The molecule has 2 N–H and O–H groups in total. The van der Waals surface area contributed by atoms with Crippen LogP contribution in [-0.2, 0) is 9.47 Å². The van der Waals surface area contributed by atoms with Gasteiger partial charge in [0.25, 0.3) is 5.91 Å². The van der Waals surface area contributed by atoms with Crippen molar-refractivity contribution in [3.05, 3.63) is 54.1 Å². The van der Waals surface area contributed by atoms with Gasteiger partial charge in [0.1, 0.15) is 0 Å². The lowest BCUT2D eigenvalue weighted by Crippen LogP contribution is -2.48. The highest BCUT2D eigenvalue weighted by atomic mass is 16.5. The number of carbonyl (C=O) groups excluding carboxylic acids is 2. The molecule has 4 heterocycles. The van der Waals surface area contributed by atoms with Gasteiger partial charge in [0.2, 0.25) is 11.9 Å². The summed E-state index contributed by atoms with van der Waals surface area (Å²) in [6, 6.07) is 14.1. The number of anilines is 4. The van der Waals surface area contributed by atoms with Crippen LogP contribution in [0.5, 0.6) is 0 Å². The van der Waals surface area contributed by atoms with Crippen molar-refractivity contribution in [3.63, 3.8) is 0 Å². The predicted molar refractivity (Wildman–Crippen MR) is 173 cm³/mol. The molecule has 3 saturated heterocycles. The Hall–Kier alpha value is -4.33. The Kier molecular flexibility index (Phi) is 9.98. The fourth-order valence-electron chi connectivity index (χ4n) is 5.66. The number of piperazine rings is 1. The Bertz CT molecular complexity index is 1400. The van der Waals surface area contributed by atoms with Crippen LogP contribution < -0.4 is 20.4 Å². The Morgan fingerprint density at radius 2 is 1.20 bits per heavy atom. The monoisotopic (exact) mass is 615 g/mol. The Labute approximate surface area is 263 Å². The lowest BCUT2D eigenvalue weighted by Gasteiger charge is -2.34. The quantitative estimate of drug-likeness (QED) is 0.390. The molecular formula is C32H41N9O4. The number of hydrogen-bond donors (Lipinski definition) is 2. The van der Waals surface area contributed by atoms with Crippen molar-refractivity contribution in [3.8, 4) is 11.4 Å². The molecule has 0 radical (unpaired) electrons. The summed E-state index contributed by atoms with van der Waals surface area (Å²) in [4.78, 5) is 48.6. The third kappa shape index (κ3) is 7.85. The second-order valence-electron chi connectivity index (χ2n) is 11.3. The van der Waals surface area contributed by atoms with E-state index in [1.165, 1.54) is 0 Å². The summed E-state index contributed by atoms with van der Waals surface area (Å²) in [7, 11) is 0. The molecule has 3 aliphatic rings. The molecule has 3 aliphatic heterocycles. The number of urea groups is 1. The van der Waals surface area contributed by atoms with Crippen LogP contribution in [0.25, 0.3) is 11.4 Å². The van der Waals surface area contributed by atoms with Crippen LogP contribution >= 0.6 is 0 Å². The van der Waals surface area contributed by atoms with Crippen molar-refractivity contribution in [2.75, 3.05) is 106 Å². The highest BCUT2D eigenvalue weighted by Gasteiger charge is 2.23. The van der Waals surface area contributed by atoms with Gasteiger partial charge in [0.05, 0.1) is 26.4 Å². The molecule has 1 aromatic heterocycles. The summed E-state index contributed by atoms with van der Waals surface area (Å²) in [5.41, 5.74) is 2.66. The van der Waals surface area contributed by atoms with Gasteiger partial charge in [-0.05, 0) is 61.5 Å². The van der Waals surface area contributed by atoms with Gasteiger partial charge >= 0.3 is 6.03 Å². The van der Waals surface area contributed by atoms with Gasteiger partial charge in [-0.3, -0.25) is 9.69 Å². The smallest absolute Gasteiger partial charge is 0.323 e. The number of benzene rings is 2. The normalized spacial score (nSPS) is 17.7. The summed E-state index contributed by atoms with van der Waals surface area (Å²) < 4.78 is 11.0. The minimum atomic E-state index is -0.377. The van der Waals surface area contributed by atoms with Crippen LogP contribution in [0.1, 0.15) is 23.7 Å². The number of nitrogens with one attached hydrogen (secondary N) is 2. The van der Waals surface area contributed by atoms with Crippen LogP contribution in [0.3, 0.4) is 0 Å². The van der Waals surface area contributed by atoms with Gasteiger partial charge in [0, 0.05) is 74.9 Å². The van der Waals surface area contributed by atoms with E-state index in [9.17, 15) is 9.59 Å². The van der Waals surface area contributed by atoms with E-state index >= 15 is 0 Å². The van der Waals surface area contributed by atoms with Crippen LogP contribution in [0.4, 0.5) is 28.1 Å². The Morgan fingerprint density at radius 1 is 0.689 bits per heavy atom. The van der Waals surface area contributed by atoms with E-state index in [-0.39, 0.29) is 11.9 Å². The maximum Gasteiger partial charge on any atom is 0.323 e. The van der Waals surface area contributed by atoms with Crippen molar-refractivity contribution >= 4 is 35.2 Å². The second-order valence-corrected chi connectivity index (χ2v) is 11.3. The Morgan fingerprint density at radius 3 is 1.71 bits per heavy atom. The highest BCUT2D eigenvalue weighted by Crippen LogP contribution is 2.24. The van der Waals surface area contributed by atoms with Crippen molar-refractivity contribution < 1.29 is 19.1 Å². The first-order valence-electron chi connectivity index (χ1n) is 15.8. The van der Waals surface area contributed by atoms with Gasteiger partial charge in [-0.1, -0.05) is 6.92 Å². The zero-order valence-electron chi connectivity index (χ0n) is 25.8. The summed E-state index contributed by atoms with van der Waals surface area (Å²) in [5.74, 6) is 1.86. The van der Waals surface area contributed by atoms with Crippen molar-refractivity contribution in [2.24, 2.45) is 0 Å². The van der Waals surface area contributed by atoms with E-state index < -0.39 is 0 Å². The van der Waals surface area contributed by atoms with E-state index in [4.69, 9.17) is 24.4 Å². The zero-order valence-corrected chi connectivity index (χ0v) is 25.8. The van der Waals surface area contributed by atoms with Crippen LogP contribution in [0.2, 0.25) is 0 Å². The molecule has 45 heavy (non-hydrogen) atoms. The third-order valence-corrected chi connectivity index (χ3v) is 8.19. The molecule has 3 amide bonds. The molecule has 0 bridgehead atoms. The molecule has 0 aliphatic carbocycles. The van der Waals surface area contributed by atoms with Crippen LogP contribution in [0.15, 0.2) is 48.5 Å². The molecule has 3 fully saturated rings. The number of morpholine rings is 2. The number of hydrogen-bond acceptors (Lipinski definition) is 10. The molecule has 0 unspecified atom stereocenters. The van der Waals surface area contributed by atoms with E-state index in [0.717, 1.165) is 70.9 Å². The summed E-state index contributed by atoms with van der Waals surface area (Å²) >= 11 is 0. The lowest BCUT2D eigenvalue weighted by molar-refractivity contribution is 0.0637. The number of ether oxygens (including phenoxy) is 2. The van der Waals surface area contributed by atoms with E-state index in [1.54, 1.807) is 24.3 Å². The number of aromatic nitrogens is 3. The Balaban J connectivity index is 1.07. The molecule has 0 atom stereocenters. The van der Waals surface area contributed by atoms with E-state index in [0.29, 0.717) is 61.1 Å². The molecule has 3 aromatic rings. The first kappa shape index (κ1) is 30.7. The highest BCUT2D eigenvalue weighted by molar-refractivity contribution is 6.00. The van der Waals surface area contributed by atoms with Gasteiger partial charge < -0.3 is 34.8 Å². The summed E-state index contributed by atoms with van der Waals surface area (Å²) in [6.07, 6.45) is 1.12. The number of nitrogens with zero attached hydrogens (tertiary/aromatic N) is 7. The molecule has 2 aromatic carbocycles. The van der Waals surface area contributed by atoms with Gasteiger partial charge in [0.15, 0.2) is 5.82 Å². The minimum absolute atomic E-state index is 0.0227. The zero-order chi connectivity index (χ0) is 31.0. The fraction of sp³-hybridized carbons (Fsp3) is 0.469. The molecule has 238 valence electrons. The average molecular weight is 616 g/mol. The molecular weight excluding hydrogens is 574 g/mol. The number of rotatable bonds is 8. The predicted octanol–water partition coefficient (Wildman–Crippen LogP) is 3.02. The molecule has 6 rings (SSSR count). The SMILES string of the molecule is CCCN1CCN(C(=O)c2ccc(NC(=O)Nc3ccc(-c4nc(N5CCOCC5)nc(N5CCOCC5)n4)cc3)cc2)CC1. The van der Waals surface area contributed by atoms with E-state index in [2.05, 4.69) is 32.3 Å². The molecule has 13 heteroatoms. The van der Waals surface area contributed by atoms with Crippen LogP contribution in [-0.4, -0.2) is 122 Å². The molecule has 0 spiro atoms. The lowest BCUT2D eigenvalue weighted by atomic mass is 10.1. The second kappa shape index (κ2) is 14.6. The van der Waals surface area contributed by atoms with Crippen LogP contribution in [0, 0.1) is 0 Å². The first-order chi connectivity index (χ1) is 22.1. The topological polar surface area (TPSA) is 128 Å². The van der Waals surface area contributed by atoms with Gasteiger partial charge in [-0.25, -0.2) is 4.79 Å². The molecule has 0 saturated carbocycles. The number of amides is 3. The largest absolute Gasteiger partial charge is 0.378 e. The maximum absolute atomic E-state index is 12.9. The fourth-order valence-corrected chi connectivity index (χ4v) is 5.66. The number of carbonyl (C=O) groups is 2. The average Bonchev–Trinajstić information content (AvgIpc) is 3.10. The standard InChI is InChI=1S/C32H41N9O4/c1-2-11-38-12-14-39(15-13-38)29(42)25-5-9-27(10-6-25)34-32(43)33-26-7-3-24(4-8-26)28-35-30(40-16-20-44-21-17-40)37-31(36-28)41-18-22-45-23-19-41/h3-10H,2,11-23H2,1H3,(H2,33,34,43).